The highest BCUT2D eigenvalue weighted by molar-refractivity contribution is 5.91. The van der Waals surface area contributed by atoms with Crippen molar-refractivity contribution in [2.45, 2.75) is 25.7 Å². The van der Waals surface area contributed by atoms with Crippen molar-refractivity contribution in [2.75, 3.05) is 0 Å². The molecule has 0 saturated heterocycles. The molecule has 0 heterocycles. The number of benzene rings is 1. The molecule has 0 spiro atoms. The Morgan fingerprint density at radius 2 is 2.05 bits per heavy atom. The van der Waals surface area contributed by atoms with E-state index in [9.17, 15) is 9.59 Å². The fourth-order valence-corrected chi connectivity index (χ4v) is 3.77. The standard InChI is InChI=1S/C17H18O2/c18-12-14-6-8-17(9-7-15(19)10-16(14)17)11-13-4-2-1-3-5-13/h1-5,7,9,12,14,16H,6,8,10-11H2/t14-,16+,17+/m1/s1. The summed E-state index contributed by atoms with van der Waals surface area (Å²) in [5.41, 5.74) is 1.30. The molecule has 0 radical (unpaired) electrons. The molecule has 0 amide bonds. The van der Waals surface area contributed by atoms with Gasteiger partial charge in [-0.15, -0.1) is 0 Å². The predicted octanol–water partition coefficient (Wildman–Crippen LogP) is 2.97. The lowest BCUT2D eigenvalue weighted by molar-refractivity contribution is -0.118. The van der Waals surface area contributed by atoms with E-state index in [1.807, 2.05) is 18.2 Å². The number of aldehydes is 1. The average molecular weight is 254 g/mol. The largest absolute Gasteiger partial charge is 0.303 e. The summed E-state index contributed by atoms with van der Waals surface area (Å²) >= 11 is 0. The molecule has 1 saturated carbocycles. The van der Waals surface area contributed by atoms with E-state index in [1.54, 1.807) is 6.08 Å². The molecular weight excluding hydrogens is 236 g/mol. The van der Waals surface area contributed by atoms with Crippen molar-refractivity contribution in [3.8, 4) is 0 Å². The van der Waals surface area contributed by atoms with E-state index in [2.05, 4.69) is 18.2 Å². The minimum atomic E-state index is 0.0147. The van der Waals surface area contributed by atoms with Gasteiger partial charge in [0.15, 0.2) is 5.78 Å². The Hall–Kier alpha value is -1.70. The lowest BCUT2D eigenvalue weighted by Crippen LogP contribution is -2.34. The van der Waals surface area contributed by atoms with Crippen LogP contribution in [0.1, 0.15) is 24.8 Å². The first kappa shape index (κ1) is 12.3. The molecule has 1 aromatic rings. The Balaban J connectivity index is 1.93. The van der Waals surface area contributed by atoms with Crippen LogP contribution in [0, 0.1) is 17.3 Å². The van der Waals surface area contributed by atoms with E-state index < -0.39 is 0 Å². The molecule has 19 heavy (non-hydrogen) atoms. The van der Waals surface area contributed by atoms with Gasteiger partial charge in [-0.1, -0.05) is 36.4 Å². The first-order valence-corrected chi connectivity index (χ1v) is 6.95. The van der Waals surface area contributed by atoms with Crippen LogP contribution in [0.15, 0.2) is 42.5 Å². The Morgan fingerprint density at radius 1 is 1.26 bits per heavy atom. The lowest BCUT2D eigenvalue weighted by Gasteiger charge is -2.36. The molecule has 0 N–H and O–H groups in total. The quantitative estimate of drug-likeness (QED) is 0.777. The number of fused-ring (bicyclic) bond motifs is 1. The maximum atomic E-state index is 11.7. The maximum Gasteiger partial charge on any atom is 0.155 e. The first-order chi connectivity index (χ1) is 9.23. The monoisotopic (exact) mass is 254 g/mol. The van der Waals surface area contributed by atoms with E-state index in [-0.39, 0.29) is 23.0 Å². The molecule has 3 rings (SSSR count). The molecule has 2 aliphatic rings. The molecule has 1 fully saturated rings. The summed E-state index contributed by atoms with van der Waals surface area (Å²) in [5, 5.41) is 0. The molecule has 2 nitrogen and oxygen atoms in total. The van der Waals surface area contributed by atoms with Gasteiger partial charge in [0.2, 0.25) is 0 Å². The summed E-state index contributed by atoms with van der Waals surface area (Å²) in [7, 11) is 0. The predicted molar refractivity (Wildman–Crippen MR) is 73.6 cm³/mol. The molecule has 3 atom stereocenters. The van der Waals surface area contributed by atoms with Crippen LogP contribution in [-0.2, 0) is 16.0 Å². The van der Waals surface area contributed by atoms with Crippen LogP contribution in [0.3, 0.4) is 0 Å². The minimum absolute atomic E-state index is 0.0147. The number of rotatable bonds is 3. The summed E-state index contributed by atoms with van der Waals surface area (Å²) in [6.45, 7) is 0. The van der Waals surface area contributed by atoms with Crippen LogP contribution in [0.4, 0.5) is 0 Å². The van der Waals surface area contributed by atoms with Gasteiger partial charge in [0.05, 0.1) is 0 Å². The van der Waals surface area contributed by atoms with Crippen LogP contribution in [-0.4, -0.2) is 12.1 Å². The number of allylic oxidation sites excluding steroid dienone is 2. The molecule has 98 valence electrons. The normalized spacial score (nSPS) is 33.2. The Labute approximate surface area is 113 Å². The molecule has 0 unspecified atom stereocenters. The second-order valence-corrected chi connectivity index (χ2v) is 5.84. The second-order valence-electron chi connectivity index (χ2n) is 5.84. The third kappa shape index (κ3) is 2.16. The summed E-state index contributed by atoms with van der Waals surface area (Å²) in [6, 6.07) is 10.4. The van der Waals surface area contributed by atoms with Crippen LogP contribution < -0.4 is 0 Å². The number of carbonyl (C=O) groups is 2. The van der Waals surface area contributed by atoms with Gasteiger partial charge < -0.3 is 4.79 Å². The van der Waals surface area contributed by atoms with Crippen LogP contribution in [0.2, 0.25) is 0 Å². The molecular formula is C17H18O2. The van der Waals surface area contributed by atoms with E-state index in [4.69, 9.17) is 0 Å². The fourth-order valence-electron chi connectivity index (χ4n) is 3.77. The highest BCUT2D eigenvalue weighted by Crippen LogP contribution is 2.52. The van der Waals surface area contributed by atoms with Crippen molar-refractivity contribution >= 4 is 12.1 Å². The third-order valence-electron chi connectivity index (χ3n) is 4.77. The highest BCUT2D eigenvalue weighted by atomic mass is 16.1. The highest BCUT2D eigenvalue weighted by Gasteiger charge is 2.48. The zero-order valence-corrected chi connectivity index (χ0v) is 10.9. The van der Waals surface area contributed by atoms with Crippen molar-refractivity contribution in [3.05, 3.63) is 48.0 Å². The van der Waals surface area contributed by atoms with Gasteiger partial charge in [-0.05, 0) is 42.2 Å². The van der Waals surface area contributed by atoms with Gasteiger partial charge in [0.1, 0.15) is 6.29 Å². The van der Waals surface area contributed by atoms with Crippen LogP contribution in [0.25, 0.3) is 0 Å². The van der Waals surface area contributed by atoms with E-state index >= 15 is 0 Å². The summed E-state index contributed by atoms with van der Waals surface area (Å²) < 4.78 is 0. The van der Waals surface area contributed by atoms with Gasteiger partial charge in [-0.3, -0.25) is 4.79 Å². The van der Waals surface area contributed by atoms with Gasteiger partial charge in [-0.2, -0.15) is 0 Å². The third-order valence-corrected chi connectivity index (χ3v) is 4.77. The van der Waals surface area contributed by atoms with Crippen LogP contribution in [0.5, 0.6) is 0 Å². The Kier molecular flexibility index (Phi) is 3.09. The van der Waals surface area contributed by atoms with Crippen LogP contribution >= 0.6 is 0 Å². The van der Waals surface area contributed by atoms with E-state index in [1.165, 1.54) is 5.56 Å². The van der Waals surface area contributed by atoms with Crippen molar-refractivity contribution in [1.29, 1.82) is 0 Å². The zero-order chi connectivity index (χ0) is 13.3. The number of carbonyl (C=O) groups excluding carboxylic acids is 2. The van der Waals surface area contributed by atoms with Gasteiger partial charge in [0, 0.05) is 12.3 Å². The Morgan fingerprint density at radius 3 is 2.79 bits per heavy atom. The Bertz CT molecular complexity index is 517. The second kappa shape index (κ2) is 4.76. The first-order valence-electron chi connectivity index (χ1n) is 6.95. The molecule has 0 aromatic heterocycles. The number of ketones is 1. The molecule has 1 aromatic carbocycles. The average Bonchev–Trinajstić information content (AvgIpc) is 2.78. The topological polar surface area (TPSA) is 34.1 Å². The smallest absolute Gasteiger partial charge is 0.155 e. The lowest BCUT2D eigenvalue weighted by atomic mass is 9.67. The minimum Gasteiger partial charge on any atom is -0.303 e. The summed E-state index contributed by atoms with van der Waals surface area (Å²) in [5.74, 6) is 0.419. The molecule has 0 bridgehead atoms. The van der Waals surface area contributed by atoms with E-state index in [0.29, 0.717) is 6.42 Å². The SMILES string of the molecule is O=C[C@H]1CC[C@@]2(Cc3ccccc3)C=CC(=O)C[C@@H]12. The van der Waals surface area contributed by atoms with E-state index in [0.717, 1.165) is 25.5 Å². The van der Waals surface area contributed by atoms with Gasteiger partial charge >= 0.3 is 0 Å². The van der Waals surface area contributed by atoms with Gasteiger partial charge in [-0.25, -0.2) is 0 Å². The van der Waals surface area contributed by atoms with Crippen molar-refractivity contribution in [2.24, 2.45) is 17.3 Å². The molecule has 0 aliphatic heterocycles. The number of hydrogen-bond acceptors (Lipinski definition) is 2. The fraction of sp³-hybridized carbons (Fsp3) is 0.412. The van der Waals surface area contributed by atoms with Crippen molar-refractivity contribution < 1.29 is 9.59 Å². The summed E-state index contributed by atoms with van der Waals surface area (Å²) in [6.07, 6.45) is 8.27. The van der Waals surface area contributed by atoms with Gasteiger partial charge in [0.25, 0.3) is 0 Å². The van der Waals surface area contributed by atoms with Crippen molar-refractivity contribution in [3.63, 3.8) is 0 Å². The summed E-state index contributed by atoms with van der Waals surface area (Å²) in [4.78, 5) is 22.9. The number of hydrogen-bond donors (Lipinski definition) is 0. The molecule has 2 aliphatic carbocycles. The van der Waals surface area contributed by atoms with Crippen molar-refractivity contribution in [1.82, 2.24) is 0 Å². The molecule has 2 heteroatoms. The maximum absolute atomic E-state index is 11.7. The zero-order valence-electron chi connectivity index (χ0n) is 10.9.